The number of rotatable bonds is 3. The molecule has 2 heterocycles. The Hall–Kier alpha value is -2.34. The van der Waals surface area contributed by atoms with E-state index >= 15 is 0 Å². The van der Waals surface area contributed by atoms with Gasteiger partial charge in [-0.15, -0.1) is 0 Å². The zero-order valence-electron chi connectivity index (χ0n) is 11.6. The summed E-state index contributed by atoms with van der Waals surface area (Å²) in [5.41, 5.74) is 1.86. The monoisotopic (exact) mass is 319 g/mol. The van der Waals surface area contributed by atoms with Gasteiger partial charge in [-0.05, 0) is 24.6 Å². The SMILES string of the molecule is O=C(O)C1CCN(C(=O)c2cc(-c3ccc(Cl)cc3)n[nH]2)C1. The van der Waals surface area contributed by atoms with Gasteiger partial charge in [-0.2, -0.15) is 5.10 Å². The summed E-state index contributed by atoms with van der Waals surface area (Å²) in [7, 11) is 0. The fraction of sp³-hybridized carbons (Fsp3) is 0.267. The smallest absolute Gasteiger partial charge is 0.308 e. The van der Waals surface area contributed by atoms with Gasteiger partial charge in [-0.1, -0.05) is 23.7 Å². The predicted octanol–water partition coefficient (Wildman–Crippen LogP) is 2.28. The van der Waals surface area contributed by atoms with E-state index in [0.717, 1.165) is 5.56 Å². The van der Waals surface area contributed by atoms with E-state index in [4.69, 9.17) is 16.7 Å². The molecule has 2 N–H and O–H groups in total. The van der Waals surface area contributed by atoms with Crippen LogP contribution >= 0.6 is 11.6 Å². The van der Waals surface area contributed by atoms with Gasteiger partial charge in [0.2, 0.25) is 0 Å². The molecule has 6 nitrogen and oxygen atoms in total. The molecule has 22 heavy (non-hydrogen) atoms. The van der Waals surface area contributed by atoms with Gasteiger partial charge >= 0.3 is 5.97 Å². The summed E-state index contributed by atoms with van der Waals surface area (Å²) in [6.45, 7) is 0.689. The summed E-state index contributed by atoms with van der Waals surface area (Å²) in [5, 5.41) is 16.5. The number of aromatic nitrogens is 2. The van der Waals surface area contributed by atoms with Crippen LogP contribution in [-0.2, 0) is 4.79 Å². The van der Waals surface area contributed by atoms with Crippen molar-refractivity contribution >= 4 is 23.5 Å². The Kier molecular flexibility index (Phi) is 3.85. The zero-order valence-corrected chi connectivity index (χ0v) is 12.4. The number of carboxylic acid groups (broad SMARTS) is 1. The van der Waals surface area contributed by atoms with E-state index in [-0.39, 0.29) is 12.5 Å². The summed E-state index contributed by atoms with van der Waals surface area (Å²) in [6.07, 6.45) is 0.485. The van der Waals surface area contributed by atoms with Crippen molar-refractivity contribution in [3.63, 3.8) is 0 Å². The van der Waals surface area contributed by atoms with E-state index in [1.165, 1.54) is 4.90 Å². The van der Waals surface area contributed by atoms with Crippen LogP contribution in [0.25, 0.3) is 11.3 Å². The molecule has 1 fully saturated rings. The average Bonchev–Trinajstić information content (AvgIpc) is 3.17. The number of amides is 1. The number of halogens is 1. The molecule has 1 atom stereocenters. The average molecular weight is 320 g/mol. The fourth-order valence-corrected chi connectivity index (χ4v) is 2.64. The molecule has 7 heteroatoms. The molecule has 0 saturated carbocycles. The van der Waals surface area contributed by atoms with Crippen LogP contribution in [0.2, 0.25) is 5.02 Å². The summed E-state index contributed by atoms with van der Waals surface area (Å²) < 4.78 is 0. The number of carbonyl (C=O) groups is 2. The number of benzene rings is 1. The first-order chi connectivity index (χ1) is 10.5. The van der Waals surface area contributed by atoms with E-state index < -0.39 is 11.9 Å². The minimum absolute atomic E-state index is 0.225. The topological polar surface area (TPSA) is 86.3 Å². The molecule has 1 unspecified atom stereocenters. The Morgan fingerprint density at radius 3 is 2.68 bits per heavy atom. The highest BCUT2D eigenvalue weighted by Crippen LogP contribution is 2.22. The van der Waals surface area contributed by atoms with Crippen LogP contribution in [0.15, 0.2) is 30.3 Å². The van der Waals surface area contributed by atoms with Crippen LogP contribution in [0, 0.1) is 5.92 Å². The summed E-state index contributed by atoms with van der Waals surface area (Å²) >= 11 is 5.84. The first-order valence-corrected chi connectivity index (χ1v) is 7.26. The van der Waals surface area contributed by atoms with E-state index in [1.807, 2.05) is 12.1 Å². The third-order valence-corrected chi connectivity index (χ3v) is 4.02. The van der Waals surface area contributed by atoms with E-state index in [1.54, 1.807) is 18.2 Å². The van der Waals surface area contributed by atoms with Crippen molar-refractivity contribution in [3.05, 3.63) is 41.0 Å². The molecule has 0 spiro atoms. The molecule has 1 aromatic carbocycles. The number of nitrogens with zero attached hydrogens (tertiary/aromatic N) is 2. The highest BCUT2D eigenvalue weighted by molar-refractivity contribution is 6.30. The summed E-state index contributed by atoms with van der Waals surface area (Å²) in [5.74, 6) is -1.57. The van der Waals surface area contributed by atoms with Crippen molar-refractivity contribution in [1.29, 1.82) is 0 Å². The number of carbonyl (C=O) groups excluding carboxylic acids is 1. The number of hydrogen-bond donors (Lipinski definition) is 2. The van der Waals surface area contributed by atoms with Crippen LogP contribution in [0.1, 0.15) is 16.9 Å². The maximum atomic E-state index is 12.4. The van der Waals surface area contributed by atoms with Crippen LogP contribution in [-0.4, -0.2) is 45.2 Å². The van der Waals surface area contributed by atoms with Gasteiger partial charge < -0.3 is 10.0 Å². The highest BCUT2D eigenvalue weighted by atomic mass is 35.5. The minimum atomic E-state index is -0.859. The molecule has 0 aliphatic carbocycles. The first kappa shape index (κ1) is 14.6. The molecule has 2 aromatic rings. The number of hydrogen-bond acceptors (Lipinski definition) is 3. The largest absolute Gasteiger partial charge is 0.481 e. The standard InChI is InChI=1S/C15H14ClN3O3/c16-11-3-1-9(2-4-11)12-7-13(18-17-12)14(20)19-6-5-10(8-19)15(21)22/h1-4,7,10H,5-6,8H2,(H,17,18)(H,21,22). The lowest BCUT2D eigenvalue weighted by Gasteiger charge is -2.13. The number of aromatic amines is 1. The first-order valence-electron chi connectivity index (χ1n) is 6.88. The molecule has 0 radical (unpaired) electrons. The van der Waals surface area contributed by atoms with Crippen molar-refractivity contribution < 1.29 is 14.7 Å². The zero-order chi connectivity index (χ0) is 15.7. The number of likely N-dealkylation sites (tertiary alicyclic amines) is 1. The summed E-state index contributed by atoms with van der Waals surface area (Å²) in [6, 6.07) is 8.82. The Morgan fingerprint density at radius 2 is 2.05 bits per heavy atom. The van der Waals surface area contributed by atoms with Gasteiger partial charge in [0.25, 0.3) is 5.91 Å². The molecule has 1 saturated heterocycles. The van der Waals surface area contributed by atoms with Crippen molar-refractivity contribution in [1.82, 2.24) is 15.1 Å². The van der Waals surface area contributed by atoms with Gasteiger partial charge in [0.05, 0.1) is 11.6 Å². The van der Waals surface area contributed by atoms with Crippen molar-refractivity contribution in [3.8, 4) is 11.3 Å². The number of H-pyrrole nitrogens is 1. The van der Waals surface area contributed by atoms with E-state index in [9.17, 15) is 9.59 Å². The van der Waals surface area contributed by atoms with Crippen LogP contribution < -0.4 is 0 Å². The van der Waals surface area contributed by atoms with Crippen molar-refractivity contribution in [2.75, 3.05) is 13.1 Å². The fourth-order valence-electron chi connectivity index (χ4n) is 2.52. The Labute approximate surface area is 131 Å². The van der Waals surface area contributed by atoms with Crippen LogP contribution in [0.5, 0.6) is 0 Å². The van der Waals surface area contributed by atoms with Gasteiger partial charge in [0.1, 0.15) is 5.69 Å². The molecule has 1 amide bonds. The van der Waals surface area contributed by atoms with Gasteiger partial charge in [0.15, 0.2) is 0 Å². The Balaban J connectivity index is 1.75. The predicted molar refractivity (Wildman–Crippen MR) is 80.7 cm³/mol. The molecule has 114 valence electrons. The Morgan fingerprint density at radius 1 is 1.32 bits per heavy atom. The molecule has 3 rings (SSSR count). The molecular weight excluding hydrogens is 306 g/mol. The van der Waals surface area contributed by atoms with E-state index in [0.29, 0.717) is 29.4 Å². The van der Waals surface area contributed by atoms with Crippen LogP contribution in [0.3, 0.4) is 0 Å². The van der Waals surface area contributed by atoms with E-state index in [2.05, 4.69) is 10.2 Å². The number of carboxylic acids is 1. The maximum absolute atomic E-state index is 12.4. The third kappa shape index (κ3) is 2.82. The molecule has 1 aromatic heterocycles. The minimum Gasteiger partial charge on any atom is -0.481 e. The normalized spacial score (nSPS) is 17.7. The lowest BCUT2D eigenvalue weighted by atomic mass is 10.1. The molecule has 1 aliphatic heterocycles. The maximum Gasteiger partial charge on any atom is 0.308 e. The lowest BCUT2D eigenvalue weighted by Crippen LogP contribution is -2.30. The Bertz CT molecular complexity index is 711. The van der Waals surface area contributed by atoms with Gasteiger partial charge in [0, 0.05) is 23.7 Å². The number of nitrogens with one attached hydrogen (secondary N) is 1. The van der Waals surface area contributed by atoms with Gasteiger partial charge in [-0.25, -0.2) is 0 Å². The lowest BCUT2D eigenvalue weighted by molar-refractivity contribution is -0.141. The van der Waals surface area contributed by atoms with Crippen molar-refractivity contribution in [2.24, 2.45) is 5.92 Å². The quantitative estimate of drug-likeness (QED) is 0.908. The molecule has 1 aliphatic rings. The second kappa shape index (κ2) is 5.81. The second-order valence-corrected chi connectivity index (χ2v) is 5.69. The molecule has 0 bridgehead atoms. The highest BCUT2D eigenvalue weighted by Gasteiger charge is 2.31. The second-order valence-electron chi connectivity index (χ2n) is 5.25. The van der Waals surface area contributed by atoms with Gasteiger partial charge in [-0.3, -0.25) is 14.7 Å². The van der Waals surface area contributed by atoms with Crippen LogP contribution in [0.4, 0.5) is 0 Å². The third-order valence-electron chi connectivity index (χ3n) is 3.77. The summed E-state index contributed by atoms with van der Waals surface area (Å²) in [4.78, 5) is 24.8. The number of aliphatic carboxylic acids is 1. The van der Waals surface area contributed by atoms with Crippen molar-refractivity contribution in [2.45, 2.75) is 6.42 Å². The molecular formula is C15H14ClN3O3.